The number of benzene rings is 1. The highest BCUT2D eigenvalue weighted by molar-refractivity contribution is 5.89. The lowest BCUT2D eigenvalue weighted by atomic mass is 10.0. The number of nitrogens with one attached hydrogen (secondary N) is 1. The largest absolute Gasteiger partial charge is 0.447 e. The molecule has 7 heteroatoms. The number of halogens is 1. The van der Waals surface area contributed by atoms with Gasteiger partial charge in [0.05, 0.1) is 12.1 Å². The summed E-state index contributed by atoms with van der Waals surface area (Å²) in [6.45, 7) is 6.23. The van der Waals surface area contributed by atoms with Gasteiger partial charge in [-0.3, -0.25) is 4.90 Å². The molecule has 0 bridgehead atoms. The average molecular weight is 344 g/mol. The summed E-state index contributed by atoms with van der Waals surface area (Å²) in [4.78, 5) is 22.2. The molecule has 3 rings (SSSR count). The van der Waals surface area contributed by atoms with Crippen LogP contribution in [0.4, 0.5) is 21.0 Å². The van der Waals surface area contributed by atoms with E-state index in [0.29, 0.717) is 23.9 Å². The number of hydrogen-bond acceptors (Lipinski definition) is 5. The van der Waals surface area contributed by atoms with E-state index >= 15 is 0 Å². The van der Waals surface area contributed by atoms with Crippen molar-refractivity contribution in [2.45, 2.75) is 32.9 Å². The van der Waals surface area contributed by atoms with Crippen molar-refractivity contribution >= 4 is 17.9 Å². The number of carbonyl (C=O) groups is 1. The Morgan fingerprint density at radius 1 is 1.28 bits per heavy atom. The normalized spacial score (nSPS) is 18.4. The molecule has 132 valence electrons. The summed E-state index contributed by atoms with van der Waals surface area (Å²) < 4.78 is 19.1. The van der Waals surface area contributed by atoms with E-state index in [0.717, 1.165) is 0 Å². The van der Waals surface area contributed by atoms with Crippen molar-refractivity contribution in [2.24, 2.45) is 5.92 Å². The maximum absolute atomic E-state index is 13.9. The first kappa shape index (κ1) is 17.1. The van der Waals surface area contributed by atoms with Crippen LogP contribution in [0.5, 0.6) is 0 Å². The Labute approximate surface area is 146 Å². The monoisotopic (exact) mass is 344 g/mol. The lowest BCUT2D eigenvalue weighted by Gasteiger charge is -2.23. The minimum absolute atomic E-state index is 0.0701. The van der Waals surface area contributed by atoms with Crippen LogP contribution in [0.1, 0.15) is 32.4 Å². The van der Waals surface area contributed by atoms with E-state index in [1.54, 1.807) is 35.4 Å². The van der Waals surface area contributed by atoms with Crippen molar-refractivity contribution in [3.8, 4) is 0 Å². The lowest BCUT2D eigenvalue weighted by molar-refractivity contribution is 0.177. The Morgan fingerprint density at radius 2 is 2.04 bits per heavy atom. The van der Waals surface area contributed by atoms with Crippen molar-refractivity contribution < 1.29 is 13.9 Å². The topological polar surface area (TPSA) is 67.3 Å². The van der Waals surface area contributed by atoms with Gasteiger partial charge >= 0.3 is 6.09 Å². The second-order valence-electron chi connectivity index (χ2n) is 6.38. The van der Waals surface area contributed by atoms with Crippen molar-refractivity contribution in [1.82, 2.24) is 9.97 Å². The Bertz CT molecular complexity index is 768. The molecule has 1 aliphatic heterocycles. The molecule has 1 N–H and O–H groups in total. The van der Waals surface area contributed by atoms with Crippen LogP contribution in [-0.4, -0.2) is 28.7 Å². The fraction of sp³-hybridized carbons (Fsp3) is 0.389. The fourth-order valence-electron chi connectivity index (χ4n) is 2.84. The van der Waals surface area contributed by atoms with Gasteiger partial charge in [-0.25, -0.2) is 14.2 Å². The van der Waals surface area contributed by atoms with Crippen LogP contribution < -0.4 is 10.2 Å². The molecule has 1 fully saturated rings. The molecule has 1 aromatic heterocycles. The van der Waals surface area contributed by atoms with Gasteiger partial charge < -0.3 is 10.1 Å². The Hall–Kier alpha value is -2.70. The van der Waals surface area contributed by atoms with Crippen LogP contribution in [0.2, 0.25) is 0 Å². The van der Waals surface area contributed by atoms with Crippen molar-refractivity contribution in [1.29, 1.82) is 0 Å². The van der Waals surface area contributed by atoms with Crippen molar-refractivity contribution in [2.75, 3.05) is 16.8 Å². The third-order valence-corrected chi connectivity index (χ3v) is 4.28. The maximum Gasteiger partial charge on any atom is 0.415 e. The molecule has 1 aliphatic rings. The second kappa shape index (κ2) is 7.04. The number of aromatic nitrogens is 2. The first-order chi connectivity index (χ1) is 12.0. The summed E-state index contributed by atoms with van der Waals surface area (Å²) in [7, 11) is 0. The van der Waals surface area contributed by atoms with Gasteiger partial charge in [0.1, 0.15) is 18.2 Å². The molecule has 0 spiro atoms. The molecule has 6 nitrogen and oxygen atoms in total. The molecule has 2 atom stereocenters. The standard InChI is InChI=1S/C18H21FN4O2/c1-11(2)15-10-25-18(24)23(15)16-8-9-20-17(22-16)21-12(3)13-6-4-5-7-14(13)19/h4-9,11-12,15H,10H2,1-3H3,(H,20,21,22)/t12-,15-/m1/s1. The number of carbonyl (C=O) groups excluding carboxylic acids is 1. The molecule has 1 aromatic carbocycles. The smallest absolute Gasteiger partial charge is 0.415 e. The zero-order valence-electron chi connectivity index (χ0n) is 14.4. The zero-order chi connectivity index (χ0) is 18.0. The number of rotatable bonds is 5. The summed E-state index contributed by atoms with van der Waals surface area (Å²) in [5.74, 6) is 0.742. The molecule has 2 heterocycles. The van der Waals surface area contributed by atoms with Crippen LogP contribution in [0.3, 0.4) is 0 Å². The van der Waals surface area contributed by atoms with Crippen LogP contribution in [0, 0.1) is 11.7 Å². The summed E-state index contributed by atoms with van der Waals surface area (Å²) in [6.07, 6.45) is 1.16. The third kappa shape index (κ3) is 3.55. The summed E-state index contributed by atoms with van der Waals surface area (Å²) in [5, 5.41) is 3.08. The number of ether oxygens (including phenoxy) is 1. The highest BCUT2D eigenvalue weighted by Crippen LogP contribution is 2.27. The molecule has 1 saturated heterocycles. The molecule has 0 saturated carbocycles. The number of anilines is 2. The van der Waals surface area contributed by atoms with Gasteiger partial charge in [-0.2, -0.15) is 4.98 Å². The van der Waals surface area contributed by atoms with Gasteiger partial charge in [-0.15, -0.1) is 0 Å². The highest BCUT2D eigenvalue weighted by atomic mass is 19.1. The average Bonchev–Trinajstić information content (AvgIpc) is 2.97. The SMILES string of the molecule is CC(C)[C@H]1COC(=O)N1c1ccnc(N[C@H](C)c2ccccc2F)n1. The number of cyclic esters (lactones) is 1. The van der Waals surface area contributed by atoms with E-state index in [9.17, 15) is 9.18 Å². The molecule has 1 amide bonds. The quantitative estimate of drug-likeness (QED) is 0.894. The zero-order valence-corrected chi connectivity index (χ0v) is 14.4. The minimum atomic E-state index is -0.412. The first-order valence-electron chi connectivity index (χ1n) is 8.27. The first-order valence-corrected chi connectivity index (χ1v) is 8.27. The Balaban J connectivity index is 1.82. The molecule has 0 unspecified atom stereocenters. The number of hydrogen-bond donors (Lipinski definition) is 1. The van der Waals surface area contributed by atoms with Gasteiger partial charge in [0.25, 0.3) is 0 Å². The van der Waals surface area contributed by atoms with Crippen LogP contribution in [0.15, 0.2) is 36.5 Å². The van der Waals surface area contributed by atoms with E-state index in [-0.39, 0.29) is 23.8 Å². The minimum Gasteiger partial charge on any atom is -0.447 e. The van der Waals surface area contributed by atoms with E-state index < -0.39 is 6.09 Å². The molecule has 0 radical (unpaired) electrons. The van der Waals surface area contributed by atoms with Crippen LogP contribution in [0.25, 0.3) is 0 Å². The van der Waals surface area contributed by atoms with E-state index in [1.165, 1.54) is 6.07 Å². The van der Waals surface area contributed by atoms with Gasteiger partial charge in [0, 0.05) is 11.8 Å². The third-order valence-electron chi connectivity index (χ3n) is 4.28. The van der Waals surface area contributed by atoms with E-state index in [4.69, 9.17) is 4.74 Å². The Morgan fingerprint density at radius 3 is 2.76 bits per heavy atom. The van der Waals surface area contributed by atoms with Crippen molar-refractivity contribution in [3.05, 3.63) is 47.9 Å². The molecule has 0 aliphatic carbocycles. The summed E-state index contributed by atoms with van der Waals surface area (Å²) in [5.41, 5.74) is 0.525. The Kier molecular flexibility index (Phi) is 4.83. The molecular weight excluding hydrogens is 323 g/mol. The van der Waals surface area contributed by atoms with Gasteiger partial charge in [0.15, 0.2) is 0 Å². The maximum atomic E-state index is 13.9. The van der Waals surface area contributed by atoms with Gasteiger partial charge in [0.2, 0.25) is 5.95 Å². The van der Waals surface area contributed by atoms with E-state index in [1.807, 2.05) is 20.8 Å². The fourth-order valence-corrected chi connectivity index (χ4v) is 2.84. The molecule has 2 aromatic rings. The molecular formula is C18H21FN4O2. The number of amides is 1. The number of nitrogens with zero attached hydrogens (tertiary/aromatic N) is 3. The van der Waals surface area contributed by atoms with E-state index in [2.05, 4.69) is 15.3 Å². The lowest BCUT2D eigenvalue weighted by Crippen LogP contribution is -2.37. The van der Waals surface area contributed by atoms with Crippen LogP contribution in [-0.2, 0) is 4.74 Å². The predicted molar refractivity (Wildman–Crippen MR) is 92.9 cm³/mol. The second-order valence-corrected chi connectivity index (χ2v) is 6.38. The van der Waals surface area contributed by atoms with Gasteiger partial charge in [-0.1, -0.05) is 32.0 Å². The summed E-state index contributed by atoms with van der Waals surface area (Å²) >= 11 is 0. The van der Waals surface area contributed by atoms with Crippen molar-refractivity contribution in [3.63, 3.8) is 0 Å². The van der Waals surface area contributed by atoms with Crippen LogP contribution >= 0.6 is 0 Å². The van der Waals surface area contributed by atoms with Gasteiger partial charge in [-0.05, 0) is 25.0 Å². The summed E-state index contributed by atoms with van der Waals surface area (Å²) in [6, 6.07) is 7.83. The highest BCUT2D eigenvalue weighted by Gasteiger charge is 2.37. The molecule has 25 heavy (non-hydrogen) atoms. The predicted octanol–water partition coefficient (Wildman–Crippen LogP) is 3.77.